The number of hydrazine groups is 1. The van der Waals surface area contributed by atoms with E-state index in [9.17, 15) is 48.7 Å². The van der Waals surface area contributed by atoms with Gasteiger partial charge in [-0.3, -0.25) is 10.2 Å². The predicted molar refractivity (Wildman–Crippen MR) is 112 cm³/mol. The Morgan fingerprint density at radius 1 is 0.917 bits per heavy atom. The van der Waals surface area contributed by atoms with Gasteiger partial charge in [-0.05, 0) is 35.9 Å². The minimum atomic E-state index is -5.33. The lowest BCUT2D eigenvalue weighted by Gasteiger charge is -2.19. The fourth-order valence-corrected chi connectivity index (χ4v) is 3.41. The maximum Gasteiger partial charge on any atom is 0.417 e. The largest absolute Gasteiger partial charge is 0.417 e. The highest BCUT2D eigenvalue weighted by molar-refractivity contribution is 6.48. The molecule has 0 heterocycles. The molecule has 1 amide bonds. The van der Waals surface area contributed by atoms with Gasteiger partial charge in [0.05, 0.1) is 26.2 Å². The standard InChI is InChI=1S/C20H11Cl3F10N2O/c21-13-4-9(5-14(22)16(13)23)11(19(28,29)30)6-15(24)8-1-2-10(12(3-8)20(31,32)33)17(36)35-34-7-18(25,26)27/h1-6,11,34H,7H2,(H,35,36). The predicted octanol–water partition coefficient (Wildman–Crippen LogP) is 8.12. The van der Waals surface area contributed by atoms with Gasteiger partial charge in [-0.25, -0.2) is 9.82 Å². The lowest BCUT2D eigenvalue weighted by Crippen LogP contribution is -2.43. The molecule has 3 nitrogen and oxygen atoms in total. The molecule has 198 valence electrons. The number of alkyl halides is 9. The van der Waals surface area contributed by atoms with Gasteiger partial charge in [-0.15, -0.1) is 0 Å². The van der Waals surface area contributed by atoms with Crippen molar-refractivity contribution in [1.29, 1.82) is 0 Å². The van der Waals surface area contributed by atoms with Crippen LogP contribution in [0.5, 0.6) is 0 Å². The van der Waals surface area contributed by atoms with Crippen LogP contribution in [0.3, 0.4) is 0 Å². The van der Waals surface area contributed by atoms with Crippen LogP contribution in [-0.2, 0) is 6.18 Å². The minimum absolute atomic E-state index is 0.0317. The van der Waals surface area contributed by atoms with E-state index in [1.54, 1.807) is 0 Å². The van der Waals surface area contributed by atoms with E-state index in [0.717, 1.165) is 12.1 Å². The first-order valence-corrected chi connectivity index (χ1v) is 10.3. The third kappa shape index (κ3) is 7.89. The Bertz CT molecular complexity index is 1140. The fraction of sp³-hybridized carbons (Fsp3) is 0.250. The van der Waals surface area contributed by atoms with Gasteiger partial charge in [0.1, 0.15) is 18.3 Å². The summed E-state index contributed by atoms with van der Waals surface area (Å²) in [6.07, 6.45) is -15.3. The van der Waals surface area contributed by atoms with Crippen LogP contribution in [0, 0.1) is 0 Å². The van der Waals surface area contributed by atoms with Crippen molar-refractivity contribution < 1.29 is 48.7 Å². The van der Waals surface area contributed by atoms with Crippen LogP contribution in [0.2, 0.25) is 15.1 Å². The molecule has 0 bridgehead atoms. The Morgan fingerprint density at radius 2 is 1.47 bits per heavy atom. The van der Waals surface area contributed by atoms with Gasteiger partial charge >= 0.3 is 18.5 Å². The number of carbonyl (C=O) groups is 1. The van der Waals surface area contributed by atoms with Crippen LogP contribution in [0.4, 0.5) is 43.9 Å². The quantitative estimate of drug-likeness (QED) is 0.202. The summed E-state index contributed by atoms with van der Waals surface area (Å²) in [7, 11) is 0. The van der Waals surface area contributed by atoms with E-state index in [1.807, 2.05) is 0 Å². The summed E-state index contributed by atoms with van der Waals surface area (Å²) in [4.78, 5) is 11.9. The summed E-state index contributed by atoms with van der Waals surface area (Å²) in [5, 5.41) is -1.06. The molecule has 1 unspecified atom stereocenters. The van der Waals surface area contributed by atoms with Crippen molar-refractivity contribution in [2.75, 3.05) is 6.54 Å². The van der Waals surface area contributed by atoms with Gasteiger partial charge < -0.3 is 0 Å². The second-order valence-corrected chi connectivity index (χ2v) is 8.21. The van der Waals surface area contributed by atoms with E-state index in [2.05, 4.69) is 0 Å². The van der Waals surface area contributed by atoms with E-state index in [1.165, 1.54) is 10.9 Å². The van der Waals surface area contributed by atoms with Crippen molar-refractivity contribution in [3.05, 3.63) is 73.7 Å². The summed E-state index contributed by atoms with van der Waals surface area (Å²) >= 11 is 17.1. The first-order chi connectivity index (χ1) is 16.3. The zero-order chi connectivity index (χ0) is 27.6. The van der Waals surface area contributed by atoms with E-state index in [-0.39, 0.29) is 17.2 Å². The Balaban J connectivity index is 2.50. The summed E-state index contributed by atoms with van der Waals surface area (Å²) in [5.74, 6) is -6.12. The molecule has 2 rings (SSSR count). The van der Waals surface area contributed by atoms with Gasteiger partial charge in [0, 0.05) is 5.56 Å². The number of halogens is 13. The molecule has 1 atom stereocenters. The summed E-state index contributed by atoms with van der Waals surface area (Å²) in [5.41, 5.74) is -1.90. The maximum absolute atomic E-state index is 14.8. The van der Waals surface area contributed by atoms with E-state index in [4.69, 9.17) is 34.8 Å². The Morgan fingerprint density at radius 3 is 1.94 bits per heavy atom. The second-order valence-electron chi connectivity index (χ2n) is 7.01. The Labute approximate surface area is 211 Å². The maximum atomic E-state index is 14.8. The van der Waals surface area contributed by atoms with Gasteiger partial charge in [0.25, 0.3) is 5.91 Å². The molecule has 36 heavy (non-hydrogen) atoms. The van der Waals surface area contributed by atoms with Crippen LogP contribution >= 0.6 is 34.8 Å². The lowest BCUT2D eigenvalue weighted by atomic mass is 9.95. The number of carbonyl (C=O) groups excluding carboxylic acids is 1. The number of hydrogen-bond donors (Lipinski definition) is 2. The van der Waals surface area contributed by atoms with Crippen LogP contribution in [-0.4, -0.2) is 24.8 Å². The van der Waals surface area contributed by atoms with Gasteiger partial charge in [-0.2, -0.15) is 39.5 Å². The SMILES string of the molecule is O=C(NNCC(F)(F)F)c1ccc(C(F)=CC(c2cc(Cl)c(Cl)c(Cl)c2)C(F)(F)F)cc1C(F)(F)F. The highest BCUT2D eigenvalue weighted by Gasteiger charge is 2.41. The molecular weight excluding hydrogens is 581 g/mol. The topological polar surface area (TPSA) is 41.1 Å². The van der Waals surface area contributed by atoms with Crippen LogP contribution in [0.15, 0.2) is 36.4 Å². The number of allylic oxidation sites excluding steroid dienone is 1. The molecule has 0 aliphatic heterocycles. The van der Waals surface area contributed by atoms with Gasteiger partial charge in [-0.1, -0.05) is 40.9 Å². The zero-order valence-electron chi connectivity index (χ0n) is 17.1. The van der Waals surface area contributed by atoms with Crippen molar-refractivity contribution in [2.24, 2.45) is 0 Å². The second kappa shape index (κ2) is 11.0. The van der Waals surface area contributed by atoms with Crippen molar-refractivity contribution in [3.8, 4) is 0 Å². The van der Waals surface area contributed by atoms with Crippen molar-refractivity contribution in [3.63, 3.8) is 0 Å². The van der Waals surface area contributed by atoms with Crippen LogP contribution in [0.25, 0.3) is 5.83 Å². The summed E-state index contributed by atoms with van der Waals surface area (Å²) in [6, 6.07) is 2.49. The number of hydrogen-bond acceptors (Lipinski definition) is 2. The molecule has 16 heteroatoms. The van der Waals surface area contributed by atoms with Crippen molar-refractivity contribution in [2.45, 2.75) is 24.4 Å². The van der Waals surface area contributed by atoms with Crippen LogP contribution < -0.4 is 10.9 Å². The molecule has 0 aliphatic rings. The zero-order valence-corrected chi connectivity index (χ0v) is 19.3. The molecule has 0 spiro atoms. The van der Waals surface area contributed by atoms with Crippen molar-refractivity contribution in [1.82, 2.24) is 10.9 Å². The van der Waals surface area contributed by atoms with E-state index >= 15 is 0 Å². The highest BCUT2D eigenvalue weighted by Crippen LogP contribution is 2.42. The molecule has 0 aliphatic carbocycles. The summed E-state index contributed by atoms with van der Waals surface area (Å²) in [6.45, 7) is -1.77. The monoisotopic (exact) mass is 590 g/mol. The highest BCUT2D eigenvalue weighted by atomic mass is 35.5. The molecule has 2 aromatic carbocycles. The number of benzene rings is 2. The number of amides is 1. The molecule has 2 N–H and O–H groups in total. The van der Waals surface area contributed by atoms with E-state index in [0.29, 0.717) is 12.1 Å². The molecule has 2 aromatic rings. The van der Waals surface area contributed by atoms with Crippen molar-refractivity contribution >= 4 is 46.5 Å². The first-order valence-electron chi connectivity index (χ1n) is 9.21. The van der Waals surface area contributed by atoms with Crippen LogP contribution in [0.1, 0.15) is 33.0 Å². The Kier molecular flexibility index (Phi) is 9.20. The normalized spacial score (nSPS) is 14.1. The number of rotatable bonds is 6. The van der Waals surface area contributed by atoms with Gasteiger partial charge in [0.15, 0.2) is 0 Å². The van der Waals surface area contributed by atoms with Gasteiger partial charge in [0.2, 0.25) is 0 Å². The molecular formula is C20H11Cl3F10N2O. The first kappa shape index (κ1) is 30.0. The number of nitrogens with one attached hydrogen (secondary N) is 2. The Hall–Kier alpha value is -2.22. The third-order valence-corrected chi connectivity index (χ3v) is 5.56. The fourth-order valence-electron chi connectivity index (χ4n) is 2.79. The molecule has 0 saturated heterocycles. The van der Waals surface area contributed by atoms with E-state index < -0.39 is 75.0 Å². The average Bonchev–Trinajstić information content (AvgIpc) is 2.72. The smallest absolute Gasteiger partial charge is 0.287 e. The third-order valence-electron chi connectivity index (χ3n) is 4.37. The average molecular weight is 592 g/mol. The molecule has 0 radical (unpaired) electrons. The molecule has 0 aromatic heterocycles. The molecule has 0 saturated carbocycles. The molecule has 0 fully saturated rings. The summed E-state index contributed by atoms with van der Waals surface area (Å²) < 4.78 is 133. The lowest BCUT2D eigenvalue weighted by molar-refractivity contribution is -0.140. The minimum Gasteiger partial charge on any atom is -0.287 e.